The Kier molecular flexibility index (Phi) is 7.92. The molecule has 0 atom stereocenters. The van der Waals surface area contributed by atoms with Gasteiger partial charge in [-0.3, -0.25) is 9.59 Å². The molecule has 0 aliphatic heterocycles. The molecule has 0 bridgehead atoms. The molecule has 0 aliphatic carbocycles. The number of hydrogen-bond acceptors (Lipinski definition) is 7. The van der Waals surface area contributed by atoms with E-state index in [-0.39, 0.29) is 25.0 Å². The highest BCUT2D eigenvalue weighted by Crippen LogP contribution is 2.19. The van der Waals surface area contributed by atoms with Crippen molar-refractivity contribution in [3.05, 3.63) is 77.2 Å². The number of aryl methyl sites for hydroxylation is 1. The third kappa shape index (κ3) is 6.16. The van der Waals surface area contributed by atoms with Crippen LogP contribution in [0, 0.1) is 6.92 Å². The predicted octanol–water partition coefficient (Wildman–Crippen LogP) is 3.67. The second-order valence-corrected chi connectivity index (χ2v) is 7.43. The van der Waals surface area contributed by atoms with Crippen LogP contribution in [0.2, 0.25) is 0 Å². The molecule has 3 rings (SSSR count). The van der Waals surface area contributed by atoms with Gasteiger partial charge in [0.25, 0.3) is 11.8 Å². The first-order chi connectivity index (χ1) is 16.3. The summed E-state index contributed by atoms with van der Waals surface area (Å²) in [7, 11) is 4.48. The van der Waals surface area contributed by atoms with Gasteiger partial charge in [-0.1, -0.05) is 6.07 Å². The topological polar surface area (TPSA) is 107 Å². The van der Waals surface area contributed by atoms with Gasteiger partial charge in [0.05, 0.1) is 20.8 Å². The van der Waals surface area contributed by atoms with E-state index >= 15 is 0 Å². The molecular weight excluding hydrogens is 440 g/mol. The van der Waals surface area contributed by atoms with Gasteiger partial charge in [0.2, 0.25) is 0 Å². The molecule has 0 aliphatic rings. The fourth-order valence-corrected chi connectivity index (χ4v) is 3.20. The monoisotopic (exact) mass is 466 g/mol. The summed E-state index contributed by atoms with van der Waals surface area (Å²) in [5, 5.41) is 2.73. The number of carbonyl (C=O) groups excluding carboxylic acids is 3. The van der Waals surface area contributed by atoms with Gasteiger partial charge in [-0.05, 0) is 49.4 Å². The molecule has 0 radical (unpaired) electrons. The zero-order chi connectivity index (χ0) is 24.7. The Morgan fingerprint density at radius 3 is 2.41 bits per heavy atom. The van der Waals surface area contributed by atoms with E-state index in [0.717, 1.165) is 0 Å². The summed E-state index contributed by atoms with van der Waals surface area (Å²) in [6.45, 7) is 1.65. The molecule has 1 heterocycles. The summed E-state index contributed by atoms with van der Waals surface area (Å²) in [5.74, 6) is 0.924. The van der Waals surface area contributed by atoms with Gasteiger partial charge < -0.3 is 28.8 Å². The Morgan fingerprint density at radius 2 is 1.74 bits per heavy atom. The van der Waals surface area contributed by atoms with E-state index in [1.165, 1.54) is 12.0 Å². The van der Waals surface area contributed by atoms with Crippen LogP contribution in [0.3, 0.4) is 0 Å². The van der Waals surface area contributed by atoms with E-state index < -0.39 is 5.97 Å². The first-order valence-electron chi connectivity index (χ1n) is 10.4. The van der Waals surface area contributed by atoms with Gasteiger partial charge in [-0.25, -0.2) is 4.79 Å². The van der Waals surface area contributed by atoms with Crippen molar-refractivity contribution in [2.24, 2.45) is 0 Å². The van der Waals surface area contributed by atoms with Gasteiger partial charge in [0.15, 0.2) is 6.61 Å². The molecule has 9 nitrogen and oxygen atoms in total. The van der Waals surface area contributed by atoms with E-state index in [1.807, 2.05) is 0 Å². The molecule has 178 valence electrons. The van der Waals surface area contributed by atoms with Crippen LogP contribution in [0.15, 0.2) is 59.0 Å². The fourth-order valence-electron chi connectivity index (χ4n) is 3.20. The number of benzene rings is 2. The summed E-state index contributed by atoms with van der Waals surface area (Å²) >= 11 is 0. The molecule has 9 heteroatoms. The number of nitrogens with zero attached hydrogens (tertiary/aromatic N) is 1. The van der Waals surface area contributed by atoms with Crippen molar-refractivity contribution in [2.75, 3.05) is 33.2 Å². The van der Waals surface area contributed by atoms with Crippen molar-refractivity contribution in [1.29, 1.82) is 0 Å². The number of amides is 2. The number of anilines is 1. The highest BCUT2D eigenvalue weighted by atomic mass is 16.5. The zero-order valence-electron chi connectivity index (χ0n) is 19.4. The number of rotatable bonds is 9. The Hall–Kier alpha value is -4.27. The van der Waals surface area contributed by atoms with Crippen LogP contribution < -0.4 is 14.8 Å². The Balaban J connectivity index is 1.53. The summed E-state index contributed by atoms with van der Waals surface area (Å²) in [5.41, 5.74) is 1.37. The number of hydrogen-bond donors (Lipinski definition) is 1. The fraction of sp³-hybridized carbons (Fsp3) is 0.240. The maximum absolute atomic E-state index is 12.7. The lowest BCUT2D eigenvalue weighted by molar-refractivity contribution is -0.118. The van der Waals surface area contributed by atoms with Crippen molar-refractivity contribution in [2.45, 2.75) is 13.5 Å². The number of methoxy groups -OCH3 is 2. The molecule has 0 spiro atoms. The molecule has 1 aromatic heterocycles. The molecule has 1 N–H and O–H groups in total. The van der Waals surface area contributed by atoms with Crippen LogP contribution in [0.1, 0.15) is 32.2 Å². The van der Waals surface area contributed by atoms with E-state index in [2.05, 4.69) is 5.32 Å². The van der Waals surface area contributed by atoms with Crippen molar-refractivity contribution in [3.8, 4) is 11.5 Å². The lowest BCUT2D eigenvalue weighted by Crippen LogP contribution is -2.26. The molecule has 3 aromatic rings. The third-order valence-electron chi connectivity index (χ3n) is 4.94. The van der Waals surface area contributed by atoms with Gasteiger partial charge in [-0.15, -0.1) is 0 Å². The minimum atomic E-state index is -0.491. The second kappa shape index (κ2) is 11.0. The Labute approximate surface area is 197 Å². The minimum Gasteiger partial charge on any atom is -0.497 e. The maximum atomic E-state index is 12.7. The van der Waals surface area contributed by atoms with E-state index in [1.54, 1.807) is 75.7 Å². The zero-order valence-corrected chi connectivity index (χ0v) is 19.4. The summed E-state index contributed by atoms with van der Waals surface area (Å²) < 4.78 is 20.9. The number of furan rings is 1. The molecule has 0 saturated heterocycles. The van der Waals surface area contributed by atoms with Crippen LogP contribution in [-0.4, -0.2) is 50.6 Å². The summed E-state index contributed by atoms with van der Waals surface area (Å²) in [6.07, 6.45) is 0. The Bertz CT molecular complexity index is 1170. The first kappa shape index (κ1) is 24.4. The maximum Gasteiger partial charge on any atom is 0.341 e. The van der Waals surface area contributed by atoms with Crippen LogP contribution in [0.4, 0.5) is 5.69 Å². The molecular formula is C25H26N2O7. The molecule has 2 amide bonds. The number of carbonyl (C=O) groups is 3. The van der Waals surface area contributed by atoms with Crippen molar-refractivity contribution >= 4 is 23.5 Å². The molecule has 0 unspecified atom stereocenters. The molecule has 0 saturated carbocycles. The van der Waals surface area contributed by atoms with Crippen LogP contribution in [0.25, 0.3) is 0 Å². The highest BCUT2D eigenvalue weighted by molar-refractivity contribution is 5.94. The SMILES string of the molecule is COC(=O)c1cc(CN(C)C(=O)c2ccc(OCC(=O)Nc3cccc(OC)c3)cc2)oc1C. The van der Waals surface area contributed by atoms with Crippen molar-refractivity contribution < 1.29 is 33.0 Å². The number of esters is 1. The van der Waals surface area contributed by atoms with Crippen LogP contribution >= 0.6 is 0 Å². The molecule has 0 fully saturated rings. The van der Waals surface area contributed by atoms with E-state index in [4.69, 9.17) is 18.6 Å². The number of nitrogens with one attached hydrogen (secondary N) is 1. The lowest BCUT2D eigenvalue weighted by atomic mass is 10.2. The summed E-state index contributed by atoms with van der Waals surface area (Å²) in [6, 6.07) is 15.0. The van der Waals surface area contributed by atoms with Crippen molar-refractivity contribution in [3.63, 3.8) is 0 Å². The predicted molar refractivity (Wildman–Crippen MR) is 124 cm³/mol. The smallest absolute Gasteiger partial charge is 0.341 e. The second-order valence-electron chi connectivity index (χ2n) is 7.43. The van der Waals surface area contributed by atoms with Crippen LogP contribution in [0.5, 0.6) is 11.5 Å². The highest BCUT2D eigenvalue weighted by Gasteiger charge is 2.19. The molecule has 34 heavy (non-hydrogen) atoms. The average Bonchev–Trinajstić information content (AvgIpc) is 3.21. The normalized spacial score (nSPS) is 10.4. The minimum absolute atomic E-state index is 0.180. The first-order valence-corrected chi connectivity index (χ1v) is 10.4. The van der Waals surface area contributed by atoms with Crippen LogP contribution in [-0.2, 0) is 16.1 Å². The Morgan fingerprint density at radius 1 is 1.00 bits per heavy atom. The third-order valence-corrected chi connectivity index (χ3v) is 4.94. The van der Waals surface area contributed by atoms with Gasteiger partial charge >= 0.3 is 5.97 Å². The standard InChI is InChI=1S/C25H26N2O7/c1-16-22(25(30)32-4)13-21(34-16)14-27(2)24(29)17-8-10-19(11-9-17)33-15-23(28)26-18-6-5-7-20(12-18)31-3/h5-13H,14-15H2,1-4H3,(H,26,28). The van der Waals surface area contributed by atoms with Crippen molar-refractivity contribution in [1.82, 2.24) is 4.90 Å². The number of ether oxygens (including phenoxy) is 3. The quantitative estimate of drug-likeness (QED) is 0.480. The lowest BCUT2D eigenvalue weighted by Gasteiger charge is -2.16. The van der Waals surface area contributed by atoms with Gasteiger partial charge in [0, 0.05) is 24.4 Å². The van der Waals surface area contributed by atoms with Gasteiger partial charge in [0.1, 0.15) is 28.6 Å². The largest absolute Gasteiger partial charge is 0.497 e. The van der Waals surface area contributed by atoms with E-state index in [0.29, 0.717) is 39.8 Å². The van der Waals surface area contributed by atoms with E-state index in [9.17, 15) is 14.4 Å². The molecule has 2 aromatic carbocycles. The summed E-state index contributed by atoms with van der Waals surface area (Å²) in [4.78, 5) is 38.1. The van der Waals surface area contributed by atoms with Gasteiger partial charge in [-0.2, -0.15) is 0 Å². The average molecular weight is 466 g/mol.